The van der Waals surface area contributed by atoms with Crippen molar-refractivity contribution in [2.24, 2.45) is 5.92 Å². The van der Waals surface area contributed by atoms with E-state index in [0.717, 1.165) is 50.3 Å². The second-order valence-electron chi connectivity index (χ2n) is 8.44. The highest BCUT2D eigenvalue weighted by Crippen LogP contribution is 2.44. The summed E-state index contributed by atoms with van der Waals surface area (Å²) >= 11 is 5.86. The molecule has 0 radical (unpaired) electrons. The Kier molecular flexibility index (Phi) is 7.35. The van der Waals surface area contributed by atoms with Crippen LogP contribution in [0.25, 0.3) is 11.1 Å². The first-order valence-corrected chi connectivity index (χ1v) is 11.4. The summed E-state index contributed by atoms with van der Waals surface area (Å²) in [6.45, 7) is 3.99. The number of aryl methyl sites for hydroxylation is 1. The van der Waals surface area contributed by atoms with Crippen LogP contribution in [0.4, 0.5) is 0 Å². The lowest BCUT2D eigenvalue weighted by molar-refractivity contribution is -0.124. The summed E-state index contributed by atoms with van der Waals surface area (Å²) in [7, 11) is 0. The molecule has 150 valence electrons. The fourth-order valence-electron chi connectivity index (χ4n) is 4.80. The zero-order valence-corrected chi connectivity index (χ0v) is 18.1. The lowest BCUT2D eigenvalue weighted by Crippen LogP contribution is -2.38. The van der Waals surface area contributed by atoms with E-state index in [4.69, 9.17) is 11.6 Å². The third-order valence-corrected chi connectivity index (χ3v) is 6.91. The molecular weight excluding hydrogens is 364 g/mol. The second kappa shape index (κ2) is 9.74. The molecule has 1 nitrogen and oxygen atoms in total. The van der Waals surface area contributed by atoms with Crippen molar-refractivity contribution in [1.82, 2.24) is 0 Å². The molecule has 1 aliphatic carbocycles. The number of Topliss-reactive ketones (excluding diaryl/α,β-unsaturated/α-hetero) is 1. The zero-order valence-electron chi connectivity index (χ0n) is 17.3. The molecule has 2 aromatic carbocycles. The van der Waals surface area contributed by atoms with Crippen LogP contribution >= 0.6 is 11.6 Å². The maximum atomic E-state index is 12.7. The third-order valence-electron chi connectivity index (χ3n) is 6.64. The number of carbonyl (C=O) groups is 1. The Morgan fingerprint density at radius 2 is 1.57 bits per heavy atom. The van der Waals surface area contributed by atoms with Crippen LogP contribution in [0, 0.1) is 5.92 Å². The molecule has 0 amide bonds. The van der Waals surface area contributed by atoms with Gasteiger partial charge in [0.1, 0.15) is 5.78 Å². The van der Waals surface area contributed by atoms with E-state index in [2.05, 4.69) is 55.5 Å². The molecule has 0 atom stereocenters. The minimum Gasteiger partial charge on any atom is -0.299 e. The summed E-state index contributed by atoms with van der Waals surface area (Å²) < 4.78 is 0. The lowest BCUT2D eigenvalue weighted by atomic mass is 9.64. The monoisotopic (exact) mass is 396 g/mol. The normalized spacial score (nSPS) is 22.2. The van der Waals surface area contributed by atoms with Crippen molar-refractivity contribution in [3.8, 4) is 11.1 Å². The number of alkyl halides is 1. The van der Waals surface area contributed by atoms with Crippen molar-refractivity contribution >= 4 is 17.4 Å². The molecule has 0 N–H and O–H groups in total. The Labute approximate surface area is 175 Å². The smallest absolute Gasteiger partial charge is 0.140 e. The van der Waals surface area contributed by atoms with Gasteiger partial charge in [0, 0.05) is 5.88 Å². The molecule has 0 saturated heterocycles. The molecule has 2 heteroatoms. The van der Waals surface area contributed by atoms with Crippen LogP contribution in [0.2, 0.25) is 0 Å². The number of benzene rings is 2. The molecule has 0 aliphatic heterocycles. The standard InChI is InChI=1S/C26H33ClO/c1-3-5-21-7-9-23(10-8-21)24-11-13-25(14-12-24)26(20(2)28)17-15-22(16-18-26)6-4-19-27/h7-14,22H,3-6,15-19H2,1-2H3. The second-order valence-corrected chi connectivity index (χ2v) is 8.82. The minimum absolute atomic E-state index is 0.291. The lowest BCUT2D eigenvalue weighted by Gasteiger charge is -2.39. The summed E-state index contributed by atoms with van der Waals surface area (Å²) in [5, 5.41) is 0. The van der Waals surface area contributed by atoms with Gasteiger partial charge in [-0.25, -0.2) is 0 Å². The van der Waals surface area contributed by atoms with Gasteiger partial charge >= 0.3 is 0 Å². The summed E-state index contributed by atoms with van der Waals surface area (Å²) in [4.78, 5) is 12.7. The van der Waals surface area contributed by atoms with Crippen LogP contribution in [0.1, 0.15) is 69.9 Å². The van der Waals surface area contributed by atoms with Crippen molar-refractivity contribution in [1.29, 1.82) is 0 Å². The van der Waals surface area contributed by atoms with E-state index in [0.29, 0.717) is 5.78 Å². The molecule has 28 heavy (non-hydrogen) atoms. The average Bonchev–Trinajstić information content (AvgIpc) is 2.73. The largest absolute Gasteiger partial charge is 0.299 e. The first-order valence-electron chi connectivity index (χ1n) is 10.9. The average molecular weight is 397 g/mol. The van der Waals surface area contributed by atoms with Crippen molar-refractivity contribution in [3.05, 3.63) is 59.7 Å². The van der Waals surface area contributed by atoms with E-state index >= 15 is 0 Å². The molecule has 0 heterocycles. The Morgan fingerprint density at radius 1 is 1.00 bits per heavy atom. The fourth-order valence-corrected chi connectivity index (χ4v) is 4.96. The highest BCUT2D eigenvalue weighted by Gasteiger charge is 2.40. The van der Waals surface area contributed by atoms with Crippen LogP contribution in [-0.4, -0.2) is 11.7 Å². The van der Waals surface area contributed by atoms with Crippen molar-refractivity contribution < 1.29 is 4.79 Å². The maximum Gasteiger partial charge on any atom is 0.140 e. The fraction of sp³-hybridized carbons (Fsp3) is 0.500. The van der Waals surface area contributed by atoms with Gasteiger partial charge in [0.15, 0.2) is 0 Å². The van der Waals surface area contributed by atoms with Crippen LogP contribution in [0.3, 0.4) is 0 Å². The van der Waals surface area contributed by atoms with E-state index in [1.54, 1.807) is 6.92 Å². The van der Waals surface area contributed by atoms with Crippen molar-refractivity contribution in [3.63, 3.8) is 0 Å². The number of hydrogen-bond donors (Lipinski definition) is 0. The van der Waals surface area contributed by atoms with Gasteiger partial charge in [0.2, 0.25) is 0 Å². The molecule has 0 bridgehead atoms. The van der Waals surface area contributed by atoms with Crippen LogP contribution in [0.15, 0.2) is 48.5 Å². The number of hydrogen-bond acceptors (Lipinski definition) is 1. The number of ketones is 1. The van der Waals surface area contributed by atoms with Gasteiger partial charge in [-0.1, -0.05) is 61.9 Å². The van der Waals surface area contributed by atoms with E-state index in [1.807, 2.05) is 0 Å². The molecule has 3 rings (SSSR count). The van der Waals surface area contributed by atoms with Gasteiger partial charge < -0.3 is 0 Å². The third kappa shape index (κ3) is 4.69. The number of carbonyl (C=O) groups excluding carboxylic acids is 1. The van der Waals surface area contributed by atoms with Crippen LogP contribution in [-0.2, 0) is 16.6 Å². The Hall–Kier alpha value is -1.60. The Bertz CT molecular complexity index is 752. The summed E-state index contributed by atoms with van der Waals surface area (Å²) in [5.74, 6) is 1.79. The van der Waals surface area contributed by atoms with Gasteiger partial charge in [-0.3, -0.25) is 4.79 Å². The molecule has 0 aromatic heterocycles. The van der Waals surface area contributed by atoms with E-state index in [9.17, 15) is 4.79 Å². The summed E-state index contributed by atoms with van der Waals surface area (Å²) in [6.07, 6.45) is 8.81. The highest BCUT2D eigenvalue weighted by atomic mass is 35.5. The first kappa shape index (κ1) is 21.1. The zero-order chi connectivity index (χ0) is 20.0. The summed E-state index contributed by atoms with van der Waals surface area (Å²) in [6, 6.07) is 17.6. The Balaban J connectivity index is 1.75. The van der Waals surface area contributed by atoms with Crippen LogP contribution in [0.5, 0.6) is 0 Å². The Morgan fingerprint density at radius 3 is 2.07 bits per heavy atom. The number of rotatable bonds is 8. The van der Waals surface area contributed by atoms with Gasteiger partial charge in [0.25, 0.3) is 0 Å². The summed E-state index contributed by atoms with van der Waals surface area (Å²) in [5.41, 5.74) is 4.77. The molecular formula is C26H33ClO. The SMILES string of the molecule is CCCc1ccc(-c2ccc(C3(C(C)=O)CCC(CCCCl)CC3)cc2)cc1. The predicted octanol–water partition coefficient (Wildman–Crippen LogP) is 7.34. The molecule has 1 fully saturated rings. The molecule has 1 aliphatic rings. The topological polar surface area (TPSA) is 17.1 Å². The van der Waals surface area contributed by atoms with E-state index in [1.165, 1.54) is 35.1 Å². The van der Waals surface area contributed by atoms with Crippen LogP contribution < -0.4 is 0 Å². The van der Waals surface area contributed by atoms with E-state index < -0.39 is 0 Å². The van der Waals surface area contributed by atoms with Crippen molar-refractivity contribution in [2.75, 3.05) is 5.88 Å². The molecule has 0 unspecified atom stereocenters. The van der Waals surface area contributed by atoms with Gasteiger partial charge in [-0.2, -0.15) is 0 Å². The molecule has 2 aromatic rings. The predicted molar refractivity (Wildman–Crippen MR) is 120 cm³/mol. The van der Waals surface area contributed by atoms with Gasteiger partial charge in [-0.05, 0) is 80.0 Å². The minimum atomic E-state index is -0.291. The van der Waals surface area contributed by atoms with Crippen molar-refractivity contribution in [2.45, 2.75) is 70.6 Å². The van der Waals surface area contributed by atoms with Gasteiger partial charge in [0.05, 0.1) is 5.41 Å². The first-order chi connectivity index (χ1) is 13.6. The quantitative estimate of drug-likeness (QED) is 0.426. The molecule has 0 spiro atoms. The maximum absolute atomic E-state index is 12.7. The van der Waals surface area contributed by atoms with Gasteiger partial charge in [-0.15, -0.1) is 11.6 Å². The van der Waals surface area contributed by atoms with E-state index in [-0.39, 0.29) is 5.41 Å². The highest BCUT2D eigenvalue weighted by molar-refractivity contribution is 6.17. The molecule has 1 saturated carbocycles. The number of halogens is 1.